The van der Waals surface area contributed by atoms with E-state index in [1.807, 2.05) is 6.20 Å². The van der Waals surface area contributed by atoms with Crippen LogP contribution < -0.4 is 5.32 Å². The van der Waals surface area contributed by atoms with Crippen LogP contribution in [0.15, 0.2) is 12.3 Å². The lowest BCUT2D eigenvalue weighted by Gasteiger charge is -2.28. The van der Waals surface area contributed by atoms with E-state index in [0.29, 0.717) is 5.92 Å². The number of likely N-dealkylation sites (N-methyl/N-ethyl adjacent to an activating group) is 1. The van der Waals surface area contributed by atoms with Crippen LogP contribution in [0, 0.1) is 5.92 Å². The highest BCUT2D eigenvalue weighted by molar-refractivity contribution is 5.11. The third-order valence-corrected chi connectivity index (χ3v) is 3.70. The average Bonchev–Trinajstić information content (AvgIpc) is 3.15. The molecule has 108 valence electrons. The summed E-state index contributed by atoms with van der Waals surface area (Å²) >= 11 is 0. The van der Waals surface area contributed by atoms with E-state index in [-0.39, 0.29) is 12.1 Å². The number of hydrogen-bond acceptors (Lipinski definition) is 3. The second-order valence-electron chi connectivity index (χ2n) is 5.27. The van der Waals surface area contributed by atoms with Crippen LogP contribution in [0.2, 0.25) is 0 Å². The van der Waals surface area contributed by atoms with Gasteiger partial charge in [0.2, 0.25) is 0 Å². The molecule has 2 atom stereocenters. The van der Waals surface area contributed by atoms with E-state index >= 15 is 0 Å². The number of hydrogen-bond donors (Lipinski definition) is 1. The molecule has 1 aliphatic carbocycles. The molecule has 0 spiro atoms. The molecule has 0 saturated heterocycles. The van der Waals surface area contributed by atoms with Crippen molar-refractivity contribution in [1.82, 2.24) is 15.1 Å². The number of ether oxygens (including phenoxy) is 1. The molecule has 0 amide bonds. The van der Waals surface area contributed by atoms with E-state index in [1.165, 1.54) is 18.5 Å². The van der Waals surface area contributed by atoms with Gasteiger partial charge in [-0.05, 0) is 44.7 Å². The second-order valence-corrected chi connectivity index (χ2v) is 5.27. The number of nitrogens with zero attached hydrogens (tertiary/aromatic N) is 2. The number of aromatic nitrogens is 2. The molecule has 1 saturated carbocycles. The van der Waals surface area contributed by atoms with Crippen LogP contribution in [0.25, 0.3) is 0 Å². The lowest BCUT2D eigenvalue weighted by atomic mass is 10.0. The third-order valence-electron chi connectivity index (χ3n) is 3.70. The fourth-order valence-corrected chi connectivity index (χ4v) is 2.74. The van der Waals surface area contributed by atoms with Gasteiger partial charge in [-0.15, -0.1) is 0 Å². The molecule has 1 aromatic rings. The Bertz CT molecular complexity index is 373. The Morgan fingerprint density at radius 1 is 1.42 bits per heavy atom. The first-order valence-electron chi connectivity index (χ1n) is 7.68. The Morgan fingerprint density at radius 3 is 2.79 bits per heavy atom. The van der Waals surface area contributed by atoms with Gasteiger partial charge in [0.05, 0.1) is 17.8 Å². The normalized spacial score (nSPS) is 18.5. The SMILES string of the molecule is CCCn1nccc1C(NCC)C(OCC)C1CC1. The Hall–Kier alpha value is -0.870. The zero-order valence-corrected chi connectivity index (χ0v) is 12.4. The molecular weight excluding hydrogens is 238 g/mol. The fourth-order valence-electron chi connectivity index (χ4n) is 2.74. The predicted octanol–water partition coefficient (Wildman–Crippen LogP) is 2.76. The fraction of sp³-hybridized carbons (Fsp3) is 0.800. The van der Waals surface area contributed by atoms with Crippen LogP contribution in [-0.2, 0) is 11.3 Å². The lowest BCUT2D eigenvalue weighted by molar-refractivity contribution is 0.0167. The molecule has 2 unspecified atom stereocenters. The topological polar surface area (TPSA) is 39.1 Å². The molecule has 19 heavy (non-hydrogen) atoms. The van der Waals surface area contributed by atoms with Crippen molar-refractivity contribution >= 4 is 0 Å². The zero-order chi connectivity index (χ0) is 13.7. The quantitative estimate of drug-likeness (QED) is 0.746. The standard InChI is InChI=1S/C15H27N3O/c1-4-11-18-13(9-10-17-18)14(16-5-2)15(19-6-3)12-7-8-12/h9-10,12,14-16H,4-8,11H2,1-3H3. The summed E-state index contributed by atoms with van der Waals surface area (Å²) in [6, 6.07) is 2.41. The van der Waals surface area contributed by atoms with Gasteiger partial charge in [-0.1, -0.05) is 13.8 Å². The van der Waals surface area contributed by atoms with Crippen molar-refractivity contribution in [2.45, 2.75) is 58.7 Å². The number of rotatable bonds is 9. The van der Waals surface area contributed by atoms with Gasteiger partial charge in [-0.25, -0.2) is 0 Å². The summed E-state index contributed by atoms with van der Waals surface area (Å²) in [5.74, 6) is 0.717. The van der Waals surface area contributed by atoms with Gasteiger partial charge in [0.15, 0.2) is 0 Å². The molecule has 2 rings (SSSR count). The van der Waals surface area contributed by atoms with Crippen molar-refractivity contribution in [3.8, 4) is 0 Å². The third kappa shape index (κ3) is 3.57. The van der Waals surface area contributed by atoms with Gasteiger partial charge in [-0.3, -0.25) is 4.68 Å². The van der Waals surface area contributed by atoms with Gasteiger partial charge < -0.3 is 10.1 Å². The maximum Gasteiger partial charge on any atom is 0.0812 e. The Labute approximate surface area is 116 Å². The molecule has 0 aliphatic heterocycles. The molecule has 0 bridgehead atoms. The van der Waals surface area contributed by atoms with Crippen molar-refractivity contribution in [1.29, 1.82) is 0 Å². The molecule has 1 heterocycles. The number of aryl methyl sites for hydroxylation is 1. The molecule has 0 radical (unpaired) electrons. The molecular formula is C15H27N3O. The Balaban J connectivity index is 2.19. The van der Waals surface area contributed by atoms with Crippen LogP contribution in [0.3, 0.4) is 0 Å². The number of nitrogens with one attached hydrogen (secondary N) is 1. The molecule has 4 nitrogen and oxygen atoms in total. The minimum atomic E-state index is 0.270. The highest BCUT2D eigenvalue weighted by Gasteiger charge is 2.38. The molecule has 4 heteroatoms. The summed E-state index contributed by atoms with van der Waals surface area (Å²) in [5, 5.41) is 8.06. The van der Waals surface area contributed by atoms with Gasteiger partial charge >= 0.3 is 0 Å². The zero-order valence-electron chi connectivity index (χ0n) is 12.4. The molecule has 1 N–H and O–H groups in total. The second kappa shape index (κ2) is 7.06. The van der Waals surface area contributed by atoms with E-state index in [1.54, 1.807) is 0 Å². The van der Waals surface area contributed by atoms with Gasteiger partial charge in [0.1, 0.15) is 0 Å². The van der Waals surface area contributed by atoms with Crippen LogP contribution >= 0.6 is 0 Å². The van der Waals surface area contributed by atoms with Crippen LogP contribution in [0.5, 0.6) is 0 Å². The monoisotopic (exact) mass is 265 g/mol. The van der Waals surface area contributed by atoms with E-state index < -0.39 is 0 Å². The smallest absolute Gasteiger partial charge is 0.0812 e. The maximum absolute atomic E-state index is 6.03. The average molecular weight is 265 g/mol. The summed E-state index contributed by atoms with van der Waals surface area (Å²) in [6.45, 7) is 9.15. The molecule has 1 fully saturated rings. The van der Waals surface area contributed by atoms with E-state index in [0.717, 1.165) is 26.1 Å². The van der Waals surface area contributed by atoms with Gasteiger partial charge in [0, 0.05) is 19.3 Å². The summed E-state index contributed by atoms with van der Waals surface area (Å²) < 4.78 is 8.16. The van der Waals surface area contributed by atoms with Crippen LogP contribution in [0.4, 0.5) is 0 Å². The lowest BCUT2D eigenvalue weighted by Crippen LogP contribution is -2.37. The summed E-state index contributed by atoms with van der Waals surface area (Å²) in [5.41, 5.74) is 1.27. The Morgan fingerprint density at radius 2 is 2.21 bits per heavy atom. The molecule has 0 aromatic carbocycles. The van der Waals surface area contributed by atoms with Crippen LogP contribution in [0.1, 0.15) is 51.8 Å². The highest BCUT2D eigenvalue weighted by Crippen LogP contribution is 2.40. The van der Waals surface area contributed by atoms with Crippen molar-refractivity contribution in [3.05, 3.63) is 18.0 Å². The Kier molecular flexibility index (Phi) is 5.40. The summed E-state index contributed by atoms with van der Waals surface area (Å²) in [6.07, 6.45) is 5.90. The summed E-state index contributed by atoms with van der Waals surface area (Å²) in [7, 11) is 0. The van der Waals surface area contributed by atoms with Gasteiger partial charge in [-0.2, -0.15) is 5.10 Å². The minimum Gasteiger partial charge on any atom is -0.376 e. The van der Waals surface area contributed by atoms with Crippen molar-refractivity contribution in [2.24, 2.45) is 5.92 Å². The van der Waals surface area contributed by atoms with E-state index in [9.17, 15) is 0 Å². The largest absolute Gasteiger partial charge is 0.376 e. The molecule has 1 aliphatic rings. The highest BCUT2D eigenvalue weighted by atomic mass is 16.5. The van der Waals surface area contributed by atoms with Crippen molar-refractivity contribution in [2.75, 3.05) is 13.2 Å². The van der Waals surface area contributed by atoms with Gasteiger partial charge in [0.25, 0.3) is 0 Å². The first-order chi connectivity index (χ1) is 9.31. The van der Waals surface area contributed by atoms with E-state index in [2.05, 4.69) is 41.9 Å². The maximum atomic E-state index is 6.03. The first kappa shape index (κ1) is 14.5. The summed E-state index contributed by atoms with van der Waals surface area (Å²) in [4.78, 5) is 0. The van der Waals surface area contributed by atoms with Crippen LogP contribution in [-0.4, -0.2) is 29.0 Å². The van der Waals surface area contributed by atoms with E-state index in [4.69, 9.17) is 4.74 Å². The predicted molar refractivity (Wildman–Crippen MR) is 77.1 cm³/mol. The minimum absolute atomic E-state index is 0.270. The van der Waals surface area contributed by atoms with Crippen molar-refractivity contribution in [3.63, 3.8) is 0 Å². The van der Waals surface area contributed by atoms with Crippen molar-refractivity contribution < 1.29 is 4.74 Å². The molecule has 1 aromatic heterocycles. The first-order valence-corrected chi connectivity index (χ1v) is 7.68.